The smallest absolute Gasteiger partial charge is 0.269 e. The van der Waals surface area contributed by atoms with Crippen molar-refractivity contribution in [3.63, 3.8) is 0 Å². The number of amides is 2. The summed E-state index contributed by atoms with van der Waals surface area (Å²) in [5, 5.41) is 13.1. The molecular weight excluding hydrogens is 542 g/mol. The van der Waals surface area contributed by atoms with Crippen molar-refractivity contribution in [3.05, 3.63) is 101 Å². The minimum absolute atomic E-state index is 0.0146. The van der Waals surface area contributed by atoms with Crippen molar-refractivity contribution >= 4 is 23.2 Å². The summed E-state index contributed by atoms with van der Waals surface area (Å²) in [7, 11) is 0. The van der Waals surface area contributed by atoms with Crippen molar-refractivity contribution in [3.8, 4) is 17.1 Å². The molecular formula is C31H28F2N6O3. The highest BCUT2D eigenvalue weighted by atomic mass is 19.1. The summed E-state index contributed by atoms with van der Waals surface area (Å²) in [4.78, 5) is 31.9. The van der Waals surface area contributed by atoms with Crippen LogP contribution in [0, 0.1) is 17.6 Å². The highest BCUT2D eigenvalue weighted by Gasteiger charge is 2.35. The van der Waals surface area contributed by atoms with Gasteiger partial charge in [-0.15, -0.1) is 0 Å². The maximum absolute atomic E-state index is 15.0. The molecule has 3 aromatic carbocycles. The predicted octanol–water partition coefficient (Wildman–Crippen LogP) is 3.99. The van der Waals surface area contributed by atoms with Crippen molar-refractivity contribution in [2.75, 3.05) is 25.0 Å². The lowest BCUT2D eigenvalue weighted by molar-refractivity contribution is -0.117. The Morgan fingerprint density at radius 2 is 1.76 bits per heavy atom. The van der Waals surface area contributed by atoms with Crippen molar-refractivity contribution in [2.24, 2.45) is 10.9 Å². The first kappa shape index (κ1) is 27.3. The van der Waals surface area contributed by atoms with Crippen LogP contribution in [0.3, 0.4) is 0 Å². The Hall–Kier alpha value is -4.90. The number of fused-ring (bicyclic) bond motifs is 2. The Kier molecular flexibility index (Phi) is 7.49. The van der Waals surface area contributed by atoms with E-state index in [-0.39, 0.29) is 34.3 Å². The number of aliphatic imine (C=N–C) groups is 1. The van der Waals surface area contributed by atoms with Gasteiger partial charge in [-0.1, -0.05) is 61.5 Å². The van der Waals surface area contributed by atoms with E-state index < -0.39 is 29.6 Å². The number of para-hydroxylation sites is 1. The second-order valence-electron chi connectivity index (χ2n) is 10.0. The van der Waals surface area contributed by atoms with E-state index in [1.807, 2.05) is 13.0 Å². The van der Waals surface area contributed by atoms with E-state index in [0.717, 1.165) is 6.54 Å². The van der Waals surface area contributed by atoms with E-state index in [9.17, 15) is 18.4 Å². The van der Waals surface area contributed by atoms with Crippen LogP contribution in [0.5, 0.6) is 5.88 Å². The van der Waals surface area contributed by atoms with Gasteiger partial charge in [-0.25, -0.2) is 18.5 Å². The number of carbonyl (C=O) groups excluding carboxylic acids is 2. The van der Waals surface area contributed by atoms with Gasteiger partial charge in [-0.05, 0) is 24.7 Å². The first-order chi connectivity index (χ1) is 20.4. The molecule has 214 valence electrons. The van der Waals surface area contributed by atoms with Crippen molar-refractivity contribution in [1.29, 1.82) is 0 Å². The molecule has 2 aliphatic heterocycles. The van der Waals surface area contributed by atoms with E-state index >= 15 is 0 Å². The highest BCUT2D eigenvalue weighted by molar-refractivity contribution is 6.20. The molecule has 9 nitrogen and oxygen atoms in total. The van der Waals surface area contributed by atoms with Crippen LogP contribution in [0.15, 0.2) is 77.8 Å². The van der Waals surface area contributed by atoms with Gasteiger partial charge in [-0.2, -0.15) is 5.10 Å². The Labute approximate surface area is 240 Å². The molecule has 2 amide bonds. The SMILES string of the molecule is CCNCC1COc2c(C(=O)N[C@H]3N=C(c4ccccc4)c4cccc(F)c4NC3=O)c(-c3ccccc3F)nn2C1. The Morgan fingerprint density at radius 1 is 1.02 bits per heavy atom. The maximum Gasteiger partial charge on any atom is 0.269 e. The number of nitrogens with zero attached hydrogens (tertiary/aromatic N) is 3. The number of ether oxygens (including phenoxy) is 1. The predicted molar refractivity (Wildman–Crippen MR) is 154 cm³/mol. The molecule has 0 aliphatic carbocycles. The molecule has 6 rings (SSSR count). The fourth-order valence-electron chi connectivity index (χ4n) is 5.15. The van der Waals surface area contributed by atoms with E-state index in [1.165, 1.54) is 24.3 Å². The fourth-order valence-corrected chi connectivity index (χ4v) is 5.15. The topological polar surface area (TPSA) is 110 Å². The monoisotopic (exact) mass is 570 g/mol. The van der Waals surface area contributed by atoms with Crippen LogP contribution in [-0.4, -0.2) is 53.2 Å². The van der Waals surface area contributed by atoms with Gasteiger partial charge in [0.25, 0.3) is 11.8 Å². The molecule has 0 saturated heterocycles. The molecule has 0 bridgehead atoms. The number of halogens is 2. The number of carbonyl (C=O) groups is 2. The summed E-state index contributed by atoms with van der Waals surface area (Å²) in [6.07, 6.45) is -1.44. The van der Waals surface area contributed by atoms with Gasteiger partial charge in [0.15, 0.2) is 0 Å². The molecule has 0 spiro atoms. The Balaban J connectivity index is 1.40. The van der Waals surface area contributed by atoms with Gasteiger partial charge >= 0.3 is 0 Å². The molecule has 4 aromatic rings. The second-order valence-corrected chi connectivity index (χ2v) is 10.0. The third-order valence-electron chi connectivity index (χ3n) is 7.17. The van der Waals surface area contributed by atoms with E-state index in [2.05, 4.69) is 26.0 Å². The molecule has 3 N–H and O–H groups in total. The number of benzodiazepines with no additional fused rings is 1. The largest absolute Gasteiger partial charge is 0.477 e. The molecule has 11 heteroatoms. The summed E-state index contributed by atoms with van der Waals surface area (Å²) in [5.74, 6) is -2.41. The number of aromatic nitrogens is 2. The lowest BCUT2D eigenvalue weighted by Gasteiger charge is -2.24. The molecule has 0 fully saturated rings. The van der Waals surface area contributed by atoms with Crippen LogP contribution >= 0.6 is 0 Å². The van der Waals surface area contributed by atoms with Gasteiger partial charge in [0.1, 0.15) is 22.9 Å². The number of anilines is 1. The average Bonchev–Trinajstić information content (AvgIpc) is 3.31. The van der Waals surface area contributed by atoms with E-state index in [1.54, 1.807) is 47.1 Å². The number of benzene rings is 3. The fraction of sp³-hybridized carbons (Fsp3) is 0.226. The summed E-state index contributed by atoms with van der Waals surface area (Å²) in [6, 6.07) is 19.4. The maximum atomic E-state index is 15.0. The Morgan fingerprint density at radius 3 is 2.55 bits per heavy atom. The molecule has 1 aromatic heterocycles. The van der Waals surface area contributed by atoms with Crippen molar-refractivity contribution in [2.45, 2.75) is 19.6 Å². The van der Waals surface area contributed by atoms with Crippen LogP contribution in [0.25, 0.3) is 11.3 Å². The van der Waals surface area contributed by atoms with Crippen LogP contribution < -0.4 is 20.7 Å². The van der Waals surface area contributed by atoms with Gasteiger partial charge < -0.3 is 20.7 Å². The van der Waals surface area contributed by atoms with Gasteiger partial charge in [-0.3, -0.25) is 9.59 Å². The zero-order chi connectivity index (χ0) is 29.2. The van der Waals surface area contributed by atoms with Crippen molar-refractivity contribution < 1.29 is 23.1 Å². The van der Waals surface area contributed by atoms with E-state index in [4.69, 9.17) is 4.74 Å². The quantitative estimate of drug-likeness (QED) is 0.311. The molecule has 2 aliphatic rings. The molecule has 3 heterocycles. The normalized spacial score (nSPS) is 17.7. The second kappa shape index (κ2) is 11.5. The van der Waals surface area contributed by atoms with Gasteiger partial charge in [0.2, 0.25) is 12.0 Å². The number of hydrogen-bond donors (Lipinski definition) is 3. The van der Waals surface area contributed by atoms with E-state index in [0.29, 0.717) is 36.5 Å². The number of nitrogens with one attached hydrogen (secondary N) is 3. The van der Waals surface area contributed by atoms with Crippen LogP contribution in [0.1, 0.15) is 28.4 Å². The third kappa shape index (κ3) is 5.14. The lowest BCUT2D eigenvalue weighted by Crippen LogP contribution is -2.42. The standard InChI is InChI=1S/C31H28F2N6O3/c1-2-34-15-18-16-39-31(42-17-18)24(27(38-39)20-11-6-7-13-22(20)32)29(40)37-28-30(41)36-26-21(12-8-14-23(26)33)25(35-28)19-9-4-3-5-10-19/h3-14,18,28,34H,2,15-17H2,1H3,(H,36,41)(H,37,40)/t18?,28-/m1/s1. The third-order valence-corrected chi connectivity index (χ3v) is 7.17. The van der Waals surface area contributed by atoms with Gasteiger partial charge in [0.05, 0.1) is 24.6 Å². The summed E-state index contributed by atoms with van der Waals surface area (Å²) in [5.41, 5.74) is 1.47. The minimum Gasteiger partial charge on any atom is -0.477 e. The highest BCUT2D eigenvalue weighted by Crippen LogP contribution is 2.35. The first-order valence-corrected chi connectivity index (χ1v) is 13.7. The number of rotatable bonds is 7. The van der Waals surface area contributed by atoms with Crippen LogP contribution in [-0.2, 0) is 11.3 Å². The summed E-state index contributed by atoms with van der Waals surface area (Å²) in [6.45, 7) is 4.25. The van der Waals surface area contributed by atoms with Crippen LogP contribution in [0.2, 0.25) is 0 Å². The zero-order valence-electron chi connectivity index (χ0n) is 22.7. The van der Waals surface area contributed by atoms with Crippen molar-refractivity contribution in [1.82, 2.24) is 20.4 Å². The molecule has 2 atom stereocenters. The molecule has 1 unspecified atom stereocenters. The van der Waals surface area contributed by atoms with Crippen LogP contribution in [0.4, 0.5) is 14.5 Å². The molecule has 0 radical (unpaired) electrons. The lowest BCUT2D eigenvalue weighted by atomic mass is 10.0. The summed E-state index contributed by atoms with van der Waals surface area (Å²) < 4.78 is 37.4. The minimum atomic E-state index is -1.44. The zero-order valence-corrected chi connectivity index (χ0v) is 22.7. The first-order valence-electron chi connectivity index (χ1n) is 13.7. The van der Waals surface area contributed by atoms with Gasteiger partial charge in [0, 0.05) is 29.2 Å². The molecule has 42 heavy (non-hydrogen) atoms. The molecule has 0 saturated carbocycles. The Bertz CT molecular complexity index is 1690. The number of hydrogen-bond acceptors (Lipinski definition) is 6. The average molecular weight is 571 g/mol. The summed E-state index contributed by atoms with van der Waals surface area (Å²) >= 11 is 0.